The first-order valence-corrected chi connectivity index (χ1v) is 10.7. The van der Waals surface area contributed by atoms with Gasteiger partial charge in [0.25, 0.3) is 5.76 Å². The normalized spacial score (nSPS) is 18.9. The second-order valence-electron chi connectivity index (χ2n) is 7.45. The van der Waals surface area contributed by atoms with Crippen molar-refractivity contribution in [2.45, 2.75) is 56.6 Å². The third-order valence-corrected chi connectivity index (χ3v) is 5.81. The summed E-state index contributed by atoms with van der Waals surface area (Å²) >= 11 is 0.345. The molecule has 0 radical (unpaired) electrons. The number of hydrogen-bond donors (Lipinski definition) is 2. The lowest BCUT2D eigenvalue weighted by Crippen LogP contribution is -3.09. The van der Waals surface area contributed by atoms with Crippen LogP contribution >= 0.6 is 11.8 Å². The fraction of sp³-hybridized carbons (Fsp3) is 0.476. The Hall–Kier alpha value is -2.06. The number of thioether (sulfide) groups is 1. The minimum atomic E-state index is -2.54. The van der Waals surface area contributed by atoms with E-state index in [0.717, 1.165) is 31.6 Å². The predicted molar refractivity (Wildman–Crippen MR) is 109 cm³/mol. The molecule has 2 aromatic rings. The maximum absolute atomic E-state index is 12.5. The first-order valence-electron chi connectivity index (χ1n) is 9.86. The van der Waals surface area contributed by atoms with Gasteiger partial charge >= 0.3 is 0 Å². The quantitative estimate of drug-likeness (QED) is 0.507. The van der Waals surface area contributed by atoms with Gasteiger partial charge in [-0.15, -0.1) is 0 Å². The molecule has 1 aromatic carbocycles. The molecule has 2 heterocycles. The third-order valence-electron chi connectivity index (χ3n) is 5.24. The number of likely N-dealkylation sites (tertiary alicyclic amines) is 1. The van der Waals surface area contributed by atoms with E-state index in [1.54, 1.807) is 13.8 Å². The number of rotatable bonds is 8. The van der Waals surface area contributed by atoms with E-state index in [9.17, 15) is 13.6 Å². The minimum Gasteiger partial charge on any atom is -0.347 e. The van der Waals surface area contributed by atoms with E-state index in [0.29, 0.717) is 36.0 Å². The van der Waals surface area contributed by atoms with Crippen molar-refractivity contribution in [1.29, 1.82) is 0 Å². The standard InChI is InChI=1S/C21H26F2N4OS/c1-14-18(15(2)25-21(24-14)29-20(22)23)8-9-19(28)26-17-10-11-27(13-17)12-16-6-4-3-5-7-16/h3-7,17,20H,8-13H2,1-2H3,(H,26,28)/p+1/t17-/m0/s1. The molecule has 1 saturated heterocycles. The summed E-state index contributed by atoms with van der Waals surface area (Å²) in [5.74, 6) is -2.53. The predicted octanol–water partition coefficient (Wildman–Crippen LogP) is 2.31. The lowest BCUT2D eigenvalue weighted by atomic mass is 10.1. The summed E-state index contributed by atoms with van der Waals surface area (Å²) < 4.78 is 25.0. The molecule has 1 aliphatic rings. The van der Waals surface area contributed by atoms with Crippen molar-refractivity contribution >= 4 is 17.7 Å². The number of amides is 1. The highest BCUT2D eigenvalue weighted by molar-refractivity contribution is 7.99. The van der Waals surface area contributed by atoms with E-state index in [-0.39, 0.29) is 17.1 Å². The van der Waals surface area contributed by atoms with Gasteiger partial charge in [0.1, 0.15) is 6.54 Å². The first kappa shape index (κ1) is 21.6. The van der Waals surface area contributed by atoms with E-state index < -0.39 is 5.76 Å². The van der Waals surface area contributed by atoms with Crippen LogP contribution in [0.15, 0.2) is 35.5 Å². The van der Waals surface area contributed by atoms with Crippen LogP contribution in [0.25, 0.3) is 0 Å². The number of nitrogens with zero attached hydrogens (tertiary/aromatic N) is 2. The number of hydrogen-bond acceptors (Lipinski definition) is 4. The van der Waals surface area contributed by atoms with Gasteiger partial charge in [0.2, 0.25) is 5.91 Å². The van der Waals surface area contributed by atoms with Crippen LogP contribution in [0.2, 0.25) is 0 Å². The molecule has 2 atom stereocenters. The van der Waals surface area contributed by atoms with Crippen LogP contribution in [-0.4, -0.2) is 40.8 Å². The number of carbonyl (C=O) groups is 1. The molecule has 1 unspecified atom stereocenters. The summed E-state index contributed by atoms with van der Waals surface area (Å²) in [6, 6.07) is 10.6. The number of benzene rings is 1. The molecule has 3 rings (SSSR count). The molecule has 1 amide bonds. The Morgan fingerprint density at radius 1 is 1.24 bits per heavy atom. The number of alkyl halides is 2. The molecular formula is C21H27F2N4OS+. The second-order valence-corrected chi connectivity index (χ2v) is 8.41. The summed E-state index contributed by atoms with van der Waals surface area (Å²) in [4.78, 5) is 22.2. The molecule has 2 N–H and O–H groups in total. The van der Waals surface area contributed by atoms with Gasteiger partial charge in [0.15, 0.2) is 5.16 Å². The molecule has 156 valence electrons. The molecule has 5 nitrogen and oxygen atoms in total. The third kappa shape index (κ3) is 6.47. The number of halogens is 2. The molecule has 8 heteroatoms. The molecule has 0 saturated carbocycles. The van der Waals surface area contributed by atoms with Crippen molar-refractivity contribution in [3.8, 4) is 0 Å². The van der Waals surface area contributed by atoms with Gasteiger partial charge in [-0.1, -0.05) is 30.3 Å². The molecular weight excluding hydrogens is 394 g/mol. The van der Waals surface area contributed by atoms with Crippen LogP contribution in [0.1, 0.15) is 35.4 Å². The van der Waals surface area contributed by atoms with Crippen molar-refractivity contribution in [3.63, 3.8) is 0 Å². The van der Waals surface area contributed by atoms with Crippen LogP contribution in [0.5, 0.6) is 0 Å². The van der Waals surface area contributed by atoms with Crippen LogP contribution in [0, 0.1) is 13.8 Å². The lowest BCUT2D eigenvalue weighted by Gasteiger charge is -2.15. The Kier molecular flexibility index (Phi) is 7.55. The van der Waals surface area contributed by atoms with Crippen molar-refractivity contribution in [2.24, 2.45) is 0 Å². The lowest BCUT2D eigenvalue weighted by molar-refractivity contribution is -0.901. The van der Waals surface area contributed by atoms with Crippen LogP contribution < -0.4 is 10.2 Å². The Morgan fingerprint density at radius 2 is 1.93 bits per heavy atom. The molecule has 0 aliphatic carbocycles. The zero-order valence-electron chi connectivity index (χ0n) is 16.8. The average Bonchev–Trinajstić information content (AvgIpc) is 3.08. The topological polar surface area (TPSA) is 59.3 Å². The second kappa shape index (κ2) is 10.1. The zero-order chi connectivity index (χ0) is 20.8. The fourth-order valence-electron chi connectivity index (χ4n) is 3.84. The number of nitrogens with one attached hydrogen (secondary N) is 2. The number of aromatic nitrogens is 2. The summed E-state index contributed by atoms with van der Waals surface area (Å²) in [7, 11) is 0. The Bertz CT molecular complexity index is 812. The average molecular weight is 422 g/mol. The Morgan fingerprint density at radius 3 is 2.59 bits per heavy atom. The fourth-order valence-corrected chi connectivity index (χ4v) is 4.38. The number of aryl methyl sites for hydroxylation is 2. The zero-order valence-corrected chi connectivity index (χ0v) is 17.6. The van der Waals surface area contributed by atoms with Crippen LogP contribution in [0.4, 0.5) is 8.78 Å². The van der Waals surface area contributed by atoms with E-state index in [1.807, 2.05) is 6.07 Å². The minimum absolute atomic E-state index is 0.0146. The summed E-state index contributed by atoms with van der Waals surface area (Å²) in [5.41, 5.74) is 3.50. The van der Waals surface area contributed by atoms with Crippen LogP contribution in [0.3, 0.4) is 0 Å². The smallest absolute Gasteiger partial charge is 0.291 e. The Balaban J connectivity index is 1.47. The van der Waals surface area contributed by atoms with Gasteiger partial charge in [-0.05, 0) is 37.6 Å². The molecule has 1 aliphatic heterocycles. The monoisotopic (exact) mass is 421 g/mol. The van der Waals surface area contributed by atoms with Gasteiger partial charge < -0.3 is 10.2 Å². The van der Waals surface area contributed by atoms with Crippen molar-refractivity contribution < 1.29 is 18.5 Å². The highest BCUT2D eigenvalue weighted by Crippen LogP contribution is 2.24. The van der Waals surface area contributed by atoms with E-state index in [1.165, 1.54) is 10.5 Å². The van der Waals surface area contributed by atoms with E-state index in [4.69, 9.17) is 0 Å². The maximum atomic E-state index is 12.5. The maximum Gasteiger partial charge on any atom is 0.291 e. The summed E-state index contributed by atoms with van der Waals surface area (Å²) in [5, 5.41) is 3.22. The van der Waals surface area contributed by atoms with Crippen LogP contribution in [-0.2, 0) is 17.8 Å². The molecule has 1 fully saturated rings. The highest BCUT2D eigenvalue weighted by atomic mass is 32.2. The van der Waals surface area contributed by atoms with Gasteiger partial charge in [-0.25, -0.2) is 9.97 Å². The number of quaternary nitrogens is 1. The van der Waals surface area contributed by atoms with E-state index >= 15 is 0 Å². The first-order chi connectivity index (χ1) is 13.9. The summed E-state index contributed by atoms with van der Waals surface area (Å²) in [6.07, 6.45) is 1.84. The van der Waals surface area contributed by atoms with Crippen molar-refractivity contribution in [1.82, 2.24) is 15.3 Å². The molecule has 0 bridgehead atoms. The van der Waals surface area contributed by atoms with Gasteiger partial charge in [-0.3, -0.25) is 4.79 Å². The largest absolute Gasteiger partial charge is 0.347 e. The molecule has 0 spiro atoms. The highest BCUT2D eigenvalue weighted by Gasteiger charge is 2.27. The SMILES string of the molecule is Cc1nc(SC(F)F)nc(C)c1CCC(=O)N[C@H]1CC[NH+](Cc2ccccc2)C1. The van der Waals surface area contributed by atoms with Crippen molar-refractivity contribution in [2.75, 3.05) is 13.1 Å². The van der Waals surface area contributed by atoms with E-state index in [2.05, 4.69) is 39.6 Å². The number of carbonyl (C=O) groups excluding carboxylic acids is 1. The van der Waals surface area contributed by atoms with Gasteiger partial charge in [-0.2, -0.15) is 8.78 Å². The summed E-state index contributed by atoms with van der Waals surface area (Å²) in [6.45, 7) is 6.51. The Labute approximate surface area is 174 Å². The van der Waals surface area contributed by atoms with Gasteiger partial charge in [0.05, 0.1) is 19.1 Å². The molecule has 1 aromatic heterocycles. The van der Waals surface area contributed by atoms with Gasteiger partial charge in [0, 0.05) is 29.8 Å². The van der Waals surface area contributed by atoms with Crippen molar-refractivity contribution in [3.05, 3.63) is 52.8 Å². The molecule has 29 heavy (non-hydrogen) atoms.